The Hall–Kier alpha value is -0.720. The minimum Gasteiger partial charge on any atom is -0.399 e. The number of anilines is 1. The highest BCUT2D eigenvalue weighted by Crippen LogP contribution is 2.20. The van der Waals surface area contributed by atoms with Crippen molar-refractivity contribution < 1.29 is 8.42 Å². The summed E-state index contributed by atoms with van der Waals surface area (Å²) in [4.78, 5) is 0.301. The minimum absolute atomic E-state index is 0.0499. The van der Waals surface area contributed by atoms with Gasteiger partial charge in [-0.25, -0.2) is 13.1 Å². The standard InChI is InChI=1S/C13H22N2O2S2/c1-4-10-6-7-11(14)8-13(10)19(16,17)15-12(5-2)9-18-3/h6-8,12,15H,4-5,9,14H2,1-3H3. The first-order valence-electron chi connectivity index (χ1n) is 6.34. The highest BCUT2D eigenvalue weighted by Gasteiger charge is 2.21. The molecule has 1 aromatic rings. The number of nitrogens with two attached hydrogens (primary N) is 1. The van der Waals surface area contributed by atoms with Crippen molar-refractivity contribution >= 4 is 27.5 Å². The van der Waals surface area contributed by atoms with Crippen LogP contribution in [-0.4, -0.2) is 26.5 Å². The number of thioether (sulfide) groups is 1. The number of benzene rings is 1. The molecule has 0 aliphatic carbocycles. The molecule has 0 fully saturated rings. The van der Waals surface area contributed by atoms with Crippen LogP contribution < -0.4 is 10.5 Å². The highest BCUT2D eigenvalue weighted by atomic mass is 32.2. The normalized spacial score (nSPS) is 13.4. The van der Waals surface area contributed by atoms with E-state index < -0.39 is 10.0 Å². The van der Waals surface area contributed by atoms with Gasteiger partial charge in [0, 0.05) is 17.5 Å². The Labute approximate surface area is 120 Å². The zero-order chi connectivity index (χ0) is 14.5. The van der Waals surface area contributed by atoms with E-state index >= 15 is 0 Å². The zero-order valence-electron chi connectivity index (χ0n) is 11.6. The van der Waals surface area contributed by atoms with Crippen molar-refractivity contribution in [3.8, 4) is 0 Å². The molecule has 1 atom stereocenters. The fraction of sp³-hybridized carbons (Fsp3) is 0.538. The smallest absolute Gasteiger partial charge is 0.241 e. The Morgan fingerprint density at radius 2 is 2.05 bits per heavy atom. The molecule has 1 unspecified atom stereocenters. The lowest BCUT2D eigenvalue weighted by Gasteiger charge is -2.17. The highest BCUT2D eigenvalue weighted by molar-refractivity contribution is 7.98. The van der Waals surface area contributed by atoms with Gasteiger partial charge in [0.2, 0.25) is 10.0 Å². The maximum atomic E-state index is 12.4. The van der Waals surface area contributed by atoms with E-state index in [9.17, 15) is 8.42 Å². The molecule has 0 aliphatic rings. The van der Waals surface area contributed by atoms with Crippen molar-refractivity contribution in [3.63, 3.8) is 0 Å². The second-order valence-electron chi connectivity index (χ2n) is 4.40. The second kappa shape index (κ2) is 7.17. The van der Waals surface area contributed by atoms with Crippen molar-refractivity contribution in [1.82, 2.24) is 4.72 Å². The summed E-state index contributed by atoms with van der Waals surface area (Å²) in [5.41, 5.74) is 6.96. The number of aryl methyl sites for hydroxylation is 1. The maximum Gasteiger partial charge on any atom is 0.241 e. The van der Waals surface area contributed by atoms with Crippen LogP contribution in [0, 0.1) is 0 Å². The molecule has 1 aromatic carbocycles. The van der Waals surface area contributed by atoms with Crippen LogP contribution >= 0.6 is 11.8 Å². The average Bonchev–Trinajstić information content (AvgIpc) is 2.38. The molecular formula is C13H22N2O2S2. The minimum atomic E-state index is -3.50. The molecule has 0 radical (unpaired) electrons. The Balaban J connectivity index is 3.09. The summed E-state index contributed by atoms with van der Waals surface area (Å²) < 4.78 is 27.6. The van der Waals surface area contributed by atoms with Gasteiger partial charge in [0.25, 0.3) is 0 Å². The van der Waals surface area contributed by atoms with E-state index in [1.807, 2.05) is 20.1 Å². The summed E-state index contributed by atoms with van der Waals surface area (Å²) in [5, 5.41) is 0. The molecular weight excluding hydrogens is 280 g/mol. The van der Waals surface area contributed by atoms with Crippen LogP contribution in [-0.2, 0) is 16.4 Å². The zero-order valence-corrected chi connectivity index (χ0v) is 13.3. The first-order chi connectivity index (χ1) is 8.94. The van der Waals surface area contributed by atoms with Crippen LogP contribution in [0.4, 0.5) is 5.69 Å². The van der Waals surface area contributed by atoms with Crippen LogP contribution in [0.1, 0.15) is 25.8 Å². The summed E-state index contributed by atoms with van der Waals surface area (Å²) in [6.45, 7) is 3.91. The van der Waals surface area contributed by atoms with E-state index in [4.69, 9.17) is 5.73 Å². The van der Waals surface area contributed by atoms with E-state index in [1.54, 1.807) is 23.9 Å². The molecule has 0 saturated heterocycles. The van der Waals surface area contributed by atoms with Gasteiger partial charge in [-0.05, 0) is 36.8 Å². The second-order valence-corrected chi connectivity index (χ2v) is 7.00. The fourth-order valence-electron chi connectivity index (χ4n) is 1.83. The molecule has 19 heavy (non-hydrogen) atoms. The lowest BCUT2D eigenvalue weighted by atomic mass is 10.1. The maximum absolute atomic E-state index is 12.4. The van der Waals surface area contributed by atoms with Crippen molar-refractivity contribution in [2.45, 2.75) is 37.6 Å². The molecule has 0 aliphatic heterocycles. The third-order valence-corrected chi connectivity index (χ3v) is 5.28. The third-order valence-electron chi connectivity index (χ3n) is 2.94. The monoisotopic (exact) mass is 302 g/mol. The SMILES string of the molecule is CCc1ccc(N)cc1S(=O)(=O)NC(CC)CSC. The van der Waals surface area contributed by atoms with Gasteiger partial charge in [-0.15, -0.1) is 0 Å². The Kier molecular flexibility index (Phi) is 6.16. The van der Waals surface area contributed by atoms with E-state index in [-0.39, 0.29) is 6.04 Å². The molecule has 1 rings (SSSR count). The van der Waals surface area contributed by atoms with Gasteiger partial charge in [-0.1, -0.05) is 19.9 Å². The van der Waals surface area contributed by atoms with Crippen LogP contribution in [0.3, 0.4) is 0 Å². The number of hydrogen-bond acceptors (Lipinski definition) is 4. The lowest BCUT2D eigenvalue weighted by Crippen LogP contribution is -2.36. The summed E-state index contributed by atoms with van der Waals surface area (Å²) in [6.07, 6.45) is 3.40. The van der Waals surface area contributed by atoms with Gasteiger partial charge in [-0.3, -0.25) is 0 Å². The van der Waals surface area contributed by atoms with Crippen LogP contribution in [0.2, 0.25) is 0 Å². The molecule has 4 nitrogen and oxygen atoms in total. The van der Waals surface area contributed by atoms with Gasteiger partial charge in [0.15, 0.2) is 0 Å². The van der Waals surface area contributed by atoms with E-state index in [0.29, 0.717) is 17.0 Å². The van der Waals surface area contributed by atoms with E-state index in [1.165, 1.54) is 6.07 Å². The third kappa shape index (κ3) is 4.40. The average molecular weight is 302 g/mol. The van der Waals surface area contributed by atoms with Gasteiger partial charge in [-0.2, -0.15) is 11.8 Å². The summed E-state index contributed by atoms with van der Waals surface area (Å²) in [7, 11) is -3.50. The number of nitrogen functional groups attached to an aromatic ring is 1. The molecule has 0 heterocycles. The van der Waals surface area contributed by atoms with Crippen molar-refractivity contribution in [2.24, 2.45) is 0 Å². The molecule has 0 bridgehead atoms. The molecule has 0 amide bonds. The Morgan fingerprint density at radius 3 is 2.58 bits per heavy atom. The predicted molar refractivity (Wildman–Crippen MR) is 83.0 cm³/mol. The van der Waals surface area contributed by atoms with Crippen LogP contribution in [0.15, 0.2) is 23.1 Å². The molecule has 3 N–H and O–H groups in total. The first kappa shape index (κ1) is 16.3. The lowest BCUT2D eigenvalue weighted by molar-refractivity contribution is 0.557. The van der Waals surface area contributed by atoms with Gasteiger partial charge in [0.1, 0.15) is 0 Å². The summed E-state index contributed by atoms with van der Waals surface area (Å²) in [5.74, 6) is 0.763. The number of hydrogen-bond donors (Lipinski definition) is 2. The Bertz CT molecular complexity index is 515. The molecule has 6 heteroatoms. The molecule has 0 aromatic heterocycles. The number of sulfonamides is 1. The van der Waals surface area contributed by atoms with Gasteiger partial charge >= 0.3 is 0 Å². The summed E-state index contributed by atoms with van der Waals surface area (Å²) >= 11 is 1.63. The topological polar surface area (TPSA) is 72.2 Å². The number of nitrogens with one attached hydrogen (secondary N) is 1. The number of rotatable bonds is 7. The van der Waals surface area contributed by atoms with Gasteiger partial charge < -0.3 is 5.73 Å². The van der Waals surface area contributed by atoms with Crippen molar-refractivity contribution in [3.05, 3.63) is 23.8 Å². The quantitative estimate of drug-likeness (QED) is 0.758. The fourth-order valence-corrected chi connectivity index (χ4v) is 4.32. The van der Waals surface area contributed by atoms with Gasteiger partial charge in [0.05, 0.1) is 4.90 Å². The van der Waals surface area contributed by atoms with Crippen molar-refractivity contribution in [1.29, 1.82) is 0 Å². The first-order valence-corrected chi connectivity index (χ1v) is 9.22. The predicted octanol–water partition coefficient (Wildman–Crippen LogP) is 2.25. The Morgan fingerprint density at radius 1 is 1.37 bits per heavy atom. The van der Waals surface area contributed by atoms with E-state index in [2.05, 4.69) is 4.72 Å². The largest absolute Gasteiger partial charge is 0.399 e. The van der Waals surface area contributed by atoms with E-state index in [0.717, 1.165) is 17.7 Å². The molecule has 0 saturated carbocycles. The van der Waals surface area contributed by atoms with Crippen molar-refractivity contribution in [2.75, 3.05) is 17.7 Å². The molecule has 0 spiro atoms. The summed E-state index contributed by atoms with van der Waals surface area (Å²) in [6, 6.07) is 5.00. The molecule has 108 valence electrons. The van der Waals surface area contributed by atoms with Crippen LogP contribution in [0.25, 0.3) is 0 Å². The van der Waals surface area contributed by atoms with Crippen LogP contribution in [0.5, 0.6) is 0 Å².